The van der Waals surface area contributed by atoms with E-state index in [1.807, 2.05) is 6.92 Å². The summed E-state index contributed by atoms with van der Waals surface area (Å²) in [4.78, 5) is 36.0. The Morgan fingerprint density at radius 1 is 1.22 bits per heavy atom. The van der Waals surface area contributed by atoms with Gasteiger partial charge in [-0.25, -0.2) is 15.0 Å². The summed E-state index contributed by atoms with van der Waals surface area (Å²) in [5.41, 5.74) is 4.92. The monoisotopic (exact) mass is 520 g/mol. The van der Waals surface area contributed by atoms with Crippen molar-refractivity contribution in [1.29, 1.82) is 0 Å². The van der Waals surface area contributed by atoms with Crippen molar-refractivity contribution >= 4 is 23.6 Å². The highest BCUT2D eigenvalue weighted by molar-refractivity contribution is 6.03. The molecule has 1 aliphatic rings. The van der Waals surface area contributed by atoms with E-state index in [1.165, 1.54) is 29.2 Å². The predicted molar refractivity (Wildman–Crippen MR) is 135 cm³/mol. The van der Waals surface area contributed by atoms with Crippen molar-refractivity contribution in [2.45, 2.75) is 52.9 Å². The number of nitrogens with one attached hydrogen (secondary N) is 1. The minimum absolute atomic E-state index is 0.108. The van der Waals surface area contributed by atoms with Crippen LogP contribution in [0.2, 0.25) is 0 Å². The van der Waals surface area contributed by atoms with E-state index in [0.29, 0.717) is 31.8 Å². The number of benzene rings is 1. The van der Waals surface area contributed by atoms with Crippen molar-refractivity contribution in [3.05, 3.63) is 58.3 Å². The second kappa shape index (κ2) is 12.5. The third kappa shape index (κ3) is 7.66. The first-order valence-corrected chi connectivity index (χ1v) is 12.1. The van der Waals surface area contributed by atoms with E-state index in [4.69, 9.17) is 0 Å². The molecule has 1 aromatic heterocycles. The van der Waals surface area contributed by atoms with Gasteiger partial charge in [-0.15, -0.1) is 13.2 Å². The smallest absolute Gasteiger partial charge is 0.406 e. The van der Waals surface area contributed by atoms with Crippen LogP contribution in [0.5, 0.6) is 5.75 Å². The number of amides is 1. The van der Waals surface area contributed by atoms with E-state index in [-0.39, 0.29) is 16.9 Å². The van der Waals surface area contributed by atoms with E-state index in [0.717, 1.165) is 54.2 Å². The summed E-state index contributed by atoms with van der Waals surface area (Å²) in [5, 5.41) is 1.09. The summed E-state index contributed by atoms with van der Waals surface area (Å²) in [6.45, 7) is 8.93. The van der Waals surface area contributed by atoms with Gasteiger partial charge in [-0.3, -0.25) is 19.6 Å². The first-order chi connectivity index (χ1) is 17.6. The van der Waals surface area contributed by atoms with Crippen molar-refractivity contribution in [3.63, 3.8) is 0 Å². The Kier molecular flexibility index (Phi) is 9.45. The summed E-state index contributed by atoms with van der Waals surface area (Å²) < 4.78 is 42.8. The lowest BCUT2D eigenvalue weighted by Crippen LogP contribution is -2.42. The third-order valence-electron chi connectivity index (χ3n) is 6.13. The third-order valence-corrected chi connectivity index (χ3v) is 6.13. The van der Waals surface area contributed by atoms with Gasteiger partial charge in [0.2, 0.25) is 6.41 Å². The van der Waals surface area contributed by atoms with Gasteiger partial charge < -0.3 is 9.64 Å². The maximum atomic E-state index is 13.1. The number of hydrazine groups is 1. The van der Waals surface area contributed by atoms with Crippen LogP contribution in [0.4, 0.5) is 24.5 Å². The lowest BCUT2D eigenvalue weighted by molar-refractivity contribution is -0.274. The van der Waals surface area contributed by atoms with Gasteiger partial charge in [0.05, 0.1) is 18.2 Å². The maximum absolute atomic E-state index is 13.1. The summed E-state index contributed by atoms with van der Waals surface area (Å²) >= 11 is 0. The molecule has 0 fully saturated rings. The number of anilines is 1. The molecule has 2 aromatic rings. The summed E-state index contributed by atoms with van der Waals surface area (Å²) in [7, 11) is 0. The molecule has 200 valence electrons. The van der Waals surface area contributed by atoms with Crippen LogP contribution in [-0.2, 0) is 11.3 Å². The number of carbonyl (C=O) groups excluding carboxylic acids is 1. The van der Waals surface area contributed by atoms with Gasteiger partial charge in [0.1, 0.15) is 17.3 Å². The molecular weight excluding hydrogens is 489 g/mol. The van der Waals surface area contributed by atoms with Gasteiger partial charge in [-0.05, 0) is 69.1 Å². The number of rotatable bonds is 11. The van der Waals surface area contributed by atoms with Crippen molar-refractivity contribution in [2.75, 3.05) is 24.6 Å². The van der Waals surface area contributed by atoms with E-state index in [1.54, 1.807) is 0 Å². The van der Waals surface area contributed by atoms with Gasteiger partial charge in [-0.1, -0.05) is 19.4 Å². The normalized spacial score (nSPS) is 14.3. The van der Waals surface area contributed by atoms with E-state index in [9.17, 15) is 22.8 Å². The van der Waals surface area contributed by atoms with E-state index >= 15 is 0 Å². The number of halogens is 3. The van der Waals surface area contributed by atoms with Crippen molar-refractivity contribution in [2.24, 2.45) is 4.99 Å². The largest absolute Gasteiger partial charge is 0.573 e. The Morgan fingerprint density at radius 3 is 2.49 bits per heavy atom. The van der Waals surface area contributed by atoms with Gasteiger partial charge in [0.25, 0.3) is 5.56 Å². The standard InChI is InChI=1S/C25H31F3N6O3/c1-4-32(5-2)13-14-33-16-29-15-22(24(33)36)30-23(21-8-6-7-18(21)3)31-34(17-35)19-9-11-20(12-10-19)37-25(26,27)28/h9-12,15-17H,4-8,13-14H2,1-3H3,(H,30,31). The molecule has 1 amide bonds. The number of alkyl halides is 3. The highest BCUT2D eigenvalue weighted by atomic mass is 19.4. The van der Waals surface area contributed by atoms with Crippen LogP contribution in [0.15, 0.2) is 57.7 Å². The first kappa shape index (κ1) is 27.9. The molecule has 3 rings (SSSR count). The number of allylic oxidation sites excluding steroid dienone is 1. The lowest BCUT2D eigenvalue weighted by Gasteiger charge is -2.22. The van der Waals surface area contributed by atoms with Crippen molar-refractivity contribution in [1.82, 2.24) is 19.9 Å². The minimum Gasteiger partial charge on any atom is -0.406 e. The number of nitrogens with zero attached hydrogens (tertiary/aromatic N) is 5. The molecule has 1 heterocycles. The van der Waals surface area contributed by atoms with Crippen LogP contribution in [-0.4, -0.2) is 52.7 Å². The molecule has 1 aromatic carbocycles. The van der Waals surface area contributed by atoms with Gasteiger partial charge in [0.15, 0.2) is 0 Å². The van der Waals surface area contributed by atoms with Gasteiger partial charge in [0, 0.05) is 13.1 Å². The number of aromatic nitrogens is 2. The number of carbonyl (C=O) groups is 1. The number of hydrogen-bond acceptors (Lipinski definition) is 6. The number of hydrogen-bond donors (Lipinski definition) is 1. The second-order valence-electron chi connectivity index (χ2n) is 8.51. The molecule has 0 aliphatic heterocycles. The molecule has 0 spiro atoms. The van der Waals surface area contributed by atoms with Crippen LogP contribution < -0.4 is 20.7 Å². The number of aliphatic imine (C=N–C) groups is 1. The van der Waals surface area contributed by atoms with Crippen molar-refractivity contribution in [3.8, 4) is 5.75 Å². The van der Waals surface area contributed by atoms with E-state index < -0.39 is 12.1 Å². The fourth-order valence-electron chi connectivity index (χ4n) is 4.03. The number of amidine groups is 1. The average Bonchev–Trinajstić information content (AvgIpc) is 3.29. The summed E-state index contributed by atoms with van der Waals surface area (Å²) in [6, 6.07) is 4.82. The average molecular weight is 521 g/mol. The molecule has 1 N–H and O–H groups in total. The summed E-state index contributed by atoms with van der Waals surface area (Å²) in [5.74, 6) is -0.107. The molecule has 0 saturated carbocycles. The van der Waals surface area contributed by atoms with E-state index in [2.05, 4.69) is 38.9 Å². The Hall–Kier alpha value is -3.67. The number of likely N-dealkylation sites (N-methyl/N-ethyl adjacent to an activating group) is 1. The topological polar surface area (TPSA) is 92.1 Å². The minimum atomic E-state index is -4.82. The fourth-order valence-corrected chi connectivity index (χ4v) is 4.03. The van der Waals surface area contributed by atoms with Crippen molar-refractivity contribution < 1.29 is 22.7 Å². The lowest BCUT2D eigenvalue weighted by atomic mass is 10.1. The Bertz CT molecular complexity index is 1190. The molecule has 1 aliphatic carbocycles. The van der Waals surface area contributed by atoms with Crippen LogP contribution in [0.25, 0.3) is 0 Å². The molecule has 0 saturated heterocycles. The van der Waals surface area contributed by atoms with Gasteiger partial charge >= 0.3 is 6.36 Å². The Morgan fingerprint density at radius 2 is 1.92 bits per heavy atom. The first-order valence-electron chi connectivity index (χ1n) is 12.1. The highest BCUT2D eigenvalue weighted by Crippen LogP contribution is 2.28. The molecule has 12 heteroatoms. The van der Waals surface area contributed by atoms with Crippen LogP contribution >= 0.6 is 0 Å². The number of ether oxygens (including phenoxy) is 1. The fraction of sp³-hybridized carbons (Fsp3) is 0.440. The zero-order valence-electron chi connectivity index (χ0n) is 21.1. The second-order valence-corrected chi connectivity index (χ2v) is 8.51. The zero-order valence-corrected chi connectivity index (χ0v) is 21.1. The predicted octanol–water partition coefficient (Wildman–Crippen LogP) is 4.18. The molecule has 0 bridgehead atoms. The molecule has 0 atom stereocenters. The molecule has 0 radical (unpaired) electrons. The van der Waals surface area contributed by atoms with Gasteiger partial charge in [-0.2, -0.15) is 0 Å². The maximum Gasteiger partial charge on any atom is 0.573 e. The Labute approximate surface area is 213 Å². The molecule has 0 unspecified atom stereocenters. The molecule has 9 nitrogen and oxygen atoms in total. The summed E-state index contributed by atoms with van der Waals surface area (Å²) in [6.07, 6.45) is 0.941. The van der Waals surface area contributed by atoms with Crippen LogP contribution in [0.1, 0.15) is 40.0 Å². The quantitative estimate of drug-likeness (QED) is 0.207. The van der Waals surface area contributed by atoms with Crippen LogP contribution in [0, 0.1) is 0 Å². The zero-order chi connectivity index (χ0) is 27.0. The molecule has 37 heavy (non-hydrogen) atoms. The highest BCUT2D eigenvalue weighted by Gasteiger charge is 2.31. The molecular formula is C25H31F3N6O3. The SMILES string of the molecule is CCN(CC)CCn1cncc(N=C(NN(C=O)c2ccc(OC(F)(F)F)cc2)C2=C(C)CCC2)c1=O. The van der Waals surface area contributed by atoms with Crippen LogP contribution in [0.3, 0.4) is 0 Å². The Balaban J connectivity index is 1.91.